The molecule has 0 spiro atoms. The number of Topliss-reactive ketones (excluding diaryl/α,β-unsaturated/α-hetero) is 1. The molecule has 0 radical (unpaired) electrons. The number of esters is 2. The molecule has 26 heavy (non-hydrogen) atoms. The molecule has 2 N–H and O–H groups in total. The molecule has 10 heteroatoms. The molecule has 1 saturated heterocycles. The Hall–Kier alpha value is -2.58. The number of carbonyl (C=O) groups excluding carboxylic acids is 4. The molecular formula is C16H23N3O7. The number of aliphatic hydroxyl groups excluding tert-OH is 1. The molecule has 0 bridgehead atoms. The first-order valence-corrected chi connectivity index (χ1v) is 8.00. The van der Waals surface area contributed by atoms with E-state index in [4.69, 9.17) is 10.3 Å². The maximum absolute atomic E-state index is 12.3. The number of carbonyl (C=O) groups is 4. The van der Waals surface area contributed by atoms with Gasteiger partial charge in [0.05, 0.1) is 23.5 Å². The van der Waals surface area contributed by atoms with E-state index < -0.39 is 65.5 Å². The zero-order valence-electron chi connectivity index (χ0n) is 15.3. The summed E-state index contributed by atoms with van der Waals surface area (Å²) in [4.78, 5) is 49.9. The number of ketones is 1. The van der Waals surface area contributed by atoms with Crippen LogP contribution in [0.25, 0.3) is 5.53 Å². The molecule has 10 nitrogen and oxygen atoms in total. The molecule has 0 saturated carbocycles. The first-order valence-electron chi connectivity index (χ1n) is 8.00. The Labute approximate surface area is 150 Å². The minimum Gasteiger partial charge on any atom is -0.427 e. The van der Waals surface area contributed by atoms with E-state index in [0.717, 1.165) is 0 Å². The summed E-state index contributed by atoms with van der Waals surface area (Å²) >= 11 is 0. The van der Waals surface area contributed by atoms with E-state index in [1.165, 1.54) is 13.8 Å². The average molecular weight is 369 g/mol. The van der Waals surface area contributed by atoms with Gasteiger partial charge in [-0.05, 0) is 27.7 Å². The number of aliphatic hydroxyl groups is 1. The minimum absolute atomic E-state index is 0.413. The zero-order valence-corrected chi connectivity index (χ0v) is 15.3. The molecule has 0 aromatic heterocycles. The van der Waals surface area contributed by atoms with Gasteiger partial charge in [0.1, 0.15) is 0 Å². The normalized spacial score (nSPS) is 21.4. The van der Waals surface area contributed by atoms with Crippen LogP contribution < -0.4 is 5.32 Å². The maximum atomic E-state index is 12.3. The van der Waals surface area contributed by atoms with Crippen LogP contribution in [0.2, 0.25) is 0 Å². The van der Waals surface area contributed by atoms with Crippen molar-refractivity contribution in [1.82, 2.24) is 5.32 Å². The van der Waals surface area contributed by atoms with E-state index in [9.17, 15) is 24.3 Å². The fourth-order valence-electron chi connectivity index (χ4n) is 2.36. The van der Waals surface area contributed by atoms with Gasteiger partial charge >= 0.3 is 17.7 Å². The molecule has 1 fully saturated rings. The Morgan fingerprint density at radius 1 is 1.27 bits per heavy atom. The van der Waals surface area contributed by atoms with Crippen LogP contribution in [0.1, 0.15) is 34.6 Å². The first-order chi connectivity index (χ1) is 11.9. The van der Waals surface area contributed by atoms with Crippen LogP contribution in [0, 0.1) is 17.3 Å². The van der Waals surface area contributed by atoms with Crippen molar-refractivity contribution in [3.8, 4) is 0 Å². The highest BCUT2D eigenvalue weighted by atomic mass is 16.7. The van der Waals surface area contributed by atoms with Crippen molar-refractivity contribution in [2.45, 2.75) is 46.8 Å². The van der Waals surface area contributed by atoms with Crippen molar-refractivity contribution in [3.63, 3.8) is 0 Å². The number of rotatable bonds is 7. The molecular weight excluding hydrogens is 346 g/mol. The fourth-order valence-corrected chi connectivity index (χ4v) is 2.36. The van der Waals surface area contributed by atoms with Gasteiger partial charge in [-0.3, -0.25) is 14.4 Å². The van der Waals surface area contributed by atoms with Crippen LogP contribution in [0.4, 0.5) is 0 Å². The number of hydrogen-bond acceptors (Lipinski definition) is 7. The second-order valence-corrected chi connectivity index (χ2v) is 7.13. The smallest absolute Gasteiger partial charge is 0.427 e. The van der Waals surface area contributed by atoms with Gasteiger partial charge in [0, 0.05) is 5.92 Å². The monoisotopic (exact) mass is 369 g/mol. The molecule has 1 heterocycles. The first kappa shape index (κ1) is 21.5. The van der Waals surface area contributed by atoms with E-state index in [-0.39, 0.29) is 0 Å². The Bertz CT molecular complexity index is 659. The van der Waals surface area contributed by atoms with Crippen molar-refractivity contribution in [2.24, 2.45) is 17.3 Å². The number of amides is 1. The van der Waals surface area contributed by atoms with Crippen LogP contribution in [0.5, 0.6) is 0 Å². The standard InChI is InChI=1S/C16H23N3O7/c1-7(10-9(8(2)20)13(22)18-10)12(21)11(19-17)14(23)25-6-26-15(24)16(3,4)5/h7-10,20H,6H2,1-5H3,(H,18,22)/t7-,8-,9-,10+/m1/s1. The van der Waals surface area contributed by atoms with E-state index in [2.05, 4.69) is 14.8 Å². The van der Waals surface area contributed by atoms with E-state index in [1.54, 1.807) is 20.8 Å². The second kappa shape index (κ2) is 8.20. The number of nitrogens with one attached hydrogen (secondary N) is 1. The van der Waals surface area contributed by atoms with Crippen molar-refractivity contribution in [3.05, 3.63) is 5.53 Å². The van der Waals surface area contributed by atoms with Gasteiger partial charge in [0.25, 0.3) is 5.78 Å². The van der Waals surface area contributed by atoms with Gasteiger partial charge in [-0.1, -0.05) is 6.92 Å². The summed E-state index contributed by atoms with van der Waals surface area (Å²) < 4.78 is 9.36. The quantitative estimate of drug-likeness (QED) is 0.116. The fraction of sp³-hybridized carbons (Fsp3) is 0.688. The van der Waals surface area contributed by atoms with E-state index in [0.29, 0.717) is 0 Å². The summed E-state index contributed by atoms with van der Waals surface area (Å²) in [6.45, 7) is 6.90. The number of β-lactam (4-membered cyclic amide) rings is 1. The lowest BCUT2D eigenvalue weighted by Gasteiger charge is -2.40. The SMILES string of the molecule is C[C@@H](O)[C@H]1C(=O)N[C@H]1[C@@H](C)C(=O)C(=[N+]=[N-])C(=O)OCOC(=O)C(C)(C)C. The molecule has 0 aliphatic carbocycles. The highest BCUT2D eigenvalue weighted by molar-refractivity contribution is 6.62. The summed E-state index contributed by atoms with van der Waals surface area (Å²) in [6.07, 6.45) is -0.984. The maximum Gasteiger partial charge on any atom is 0.441 e. The Morgan fingerprint density at radius 2 is 1.85 bits per heavy atom. The Balaban J connectivity index is 2.69. The molecule has 4 atom stereocenters. The third kappa shape index (κ3) is 4.74. The molecule has 1 aliphatic heterocycles. The predicted octanol–water partition coefficient (Wildman–Crippen LogP) is -0.552. The predicted molar refractivity (Wildman–Crippen MR) is 86.4 cm³/mol. The second-order valence-electron chi connectivity index (χ2n) is 7.13. The number of nitrogens with zero attached hydrogens (tertiary/aromatic N) is 2. The lowest BCUT2D eigenvalue weighted by molar-refractivity contribution is -0.171. The molecule has 1 amide bonds. The average Bonchev–Trinajstić information content (AvgIpc) is 2.50. The Morgan fingerprint density at radius 3 is 2.27 bits per heavy atom. The van der Waals surface area contributed by atoms with E-state index >= 15 is 0 Å². The highest BCUT2D eigenvalue weighted by Gasteiger charge is 2.50. The molecule has 1 rings (SSSR count). The van der Waals surface area contributed by atoms with Crippen molar-refractivity contribution in [1.29, 1.82) is 0 Å². The molecule has 0 aromatic rings. The van der Waals surface area contributed by atoms with Crippen LogP contribution in [-0.4, -0.2) is 58.2 Å². The lowest BCUT2D eigenvalue weighted by atomic mass is 9.76. The molecule has 1 aliphatic rings. The van der Waals surface area contributed by atoms with Crippen LogP contribution >= 0.6 is 0 Å². The summed E-state index contributed by atoms with van der Waals surface area (Å²) in [5.41, 5.74) is 7.28. The largest absolute Gasteiger partial charge is 0.441 e. The summed E-state index contributed by atoms with van der Waals surface area (Å²) in [6, 6.07) is -0.710. The number of ether oxygens (including phenoxy) is 2. The van der Waals surface area contributed by atoms with Gasteiger partial charge < -0.3 is 25.4 Å². The van der Waals surface area contributed by atoms with Gasteiger partial charge in [0.2, 0.25) is 12.7 Å². The van der Waals surface area contributed by atoms with Gasteiger partial charge in [-0.2, -0.15) is 4.79 Å². The van der Waals surface area contributed by atoms with Crippen molar-refractivity contribution < 1.29 is 38.5 Å². The van der Waals surface area contributed by atoms with Gasteiger partial charge in [-0.25, -0.2) is 4.79 Å². The lowest BCUT2D eigenvalue weighted by Crippen LogP contribution is -2.66. The highest BCUT2D eigenvalue weighted by Crippen LogP contribution is 2.26. The third-order valence-corrected chi connectivity index (χ3v) is 3.99. The summed E-state index contributed by atoms with van der Waals surface area (Å²) in [5.74, 6) is -4.94. The van der Waals surface area contributed by atoms with Crippen LogP contribution in [-0.2, 0) is 28.7 Å². The Kier molecular flexibility index (Phi) is 6.77. The van der Waals surface area contributed by atoms with Crippen molar-refractivity contribution in [2.75, 3.05) is 6.79 Å². The summed E-state index contributed by atoms with van der Waals surface area (Å²) in [7, 11) is 0. The molecule has 144 valence electrons. The molecule has 0 unspecified atom stereocenters. The topological polar surface area (TPSA) is 155 Å². The third-order valence-electron chi connectivity index (χ3n) is 3.99. The zero-order chi connectivity index (χ0) is 20.2. The van der Waals surface area contributed by atoms with E-state index in [1.807, 2.05) is 0 Å². The number of hydrogen-bond donors (Lipinski definition) is 2. The van der Waals surface area contributed by atoms with Gasteiger partial charge in [0.15, 0.2) is 0 Å². The van der Waals surface area contributed by atoms with Gasteiger partial charge in [-0.15, -0.1) is 0 Å². The van der Waals surface area contributed by atoms with Crippen LogP contribution in [0.15, 0.2) is 0 Å². The summed E-state index contributed by atoms with van der Waals surface area (Å²) in [5, 5.41) is 12.1. The van der Waals surface area contributed by atoms with Crippen LogP contribution in [0.3, 0.4) is 0 Å². The van der Waals surface area contributed by atoms with Crippen molar-refractivity contribution >= 4 is 29.3 Å². The minimum atomic E-state index is -1.27. The molecule has 0 aromatic carbocycles.